The van der Waals surface area contributed by atoms with Crippen LogP contribution in [0.15, 0.2) is 30.3 Å². The first-order chi connectivity index (χ1) is 11.5. The minimum Gasteiger partial charge on any atom is -0.481 e. The van der Waals surface area contributed by atoms with Crippen LogP contribution in [0.1, 0.15) is 23.2 Å². The summed E-state index contributed by atoms with van der Waals surface area (Å²) in [7, 11) is 3.79. The van der Waals surface area contributed by atoms with Crippen LogP contribution in [0.25, 0.3) is 10.9 Å². The molecule has 2 aromatic rings. The molecule has 1 aliphatic rings. The zero-order valence-electron chi connectivity index (χ0n) is 13.9. The first-order valence-corrected chi connectivity index (χ1v) is 8.06. The fourth-order valence-electron chi connectivity index (χ4n) is 3.07. The highest BCUT2D eigenvalue weighted by molar-refractivity contribution is 6.07. The number of benzene rings is 1. The summed E-state index contributed by atoms with van der Waals surface area (Å²) in [6.07, 6.45) is 1.01. The first kappa shape index (κ1) is 16.2. The standard InChI is InChI=1S/C18H21N3O3/c1-20(2)16-11-14(13-5-3-4-6-15(13)19-16)17(22)21-9-7-12(8-10-21)18(23)24/h3-6,11-12H,7-10H2,1-2H3,(H,23,24). The molecule has 0 bridgehead atoms. The minimum absolute atomic E-state index is 0.0551. The van der Waals surface area contributed by atoms with Gasteiger partial charge in [-0.15, -0.1) is 0 Å². The Morgan fingerprint density at radius 1 is 1.21 bits per heavy atom. The Kier molecular flexibility index (Phi) is 4.38. The Bertz CT molecular complexity index is 780. The molecule has 6 nitrogen and oxygen atoms in total. The fraction of sp³-hybridized carbons (Fsp3) is 0.389. The number of aliphatic carboxylic acids is 1. The Morgan fingerprint density at radius 2 is 1.88 bits per heavy atom. The second-order valence-electron chi connectivity index (χ2n) is 6.34. The van der Waals surface area contributed by atoms with Crippen LogP contribution in [0.2, 0.25) is 0 Å². The molecule has 24 heavy (non-hydrogen) atoms. The molecular formula is C18H21N3O3. The lowest BCUT2D eigenvalue weighted by Crippen LogP contribution is -2.40. The van der Waals surface area contributed by atoms with Gasteiger partial charge in [-0.3, -0.25) is 9.59 Å². The van der Waals surface area contributed by atoms with Gasteiger partial charge in [0.15, 0.2) is 0 Å². The van der Waals surface area contributed by atoms with Gasteiger partial charge in [0.1, 0.15) is 5.82 Å². The average molecular weight is 327 g/mol. The van der Waals surface area contributed by atoms with Crippen LogP contribution in [0.3, 0.4) is 0 Å². The maximum Gasteiger partial charge on any atom is 0.306 e. The fourth-order valence-corrected chi connectivity index (χ4v) is 3.07. The lowest BCUT2D eigenvalue weighted by molar-refractivity contribution is -0.143. The summed E-state index contributed by atoms with van der Waals surface area (Å²) in [5.74, 6) is -0.440. The van der Waals surface area contributed by atoms with E-state index in [1.54, 1.807) is 4.90 Å². The molecule has 0 atom stereocenters. The molecule has 0 spiro atoms. The Labute approximate surface area is 140 Å². The highest BCUT2D eigenvalue weighted by atomic mass is 16.4. The van der Waals surface area contributed by atoms with Gasteiger partial charge in [0, 0.05) is 32.6 Å². The van der Waals surface area contributed by atoms with E-state index in [9.17, 15) is 9.59 Å². The van der Waals surface area contributed by atoms with Crippen molar-refractivity contribution in [2.75, 3.05) is 32.1 Å². The van der Waals surface area contributed by atoms with E-state index < -0.39 is 5.97 Å². The molecule has 1 aromatic carbocycles. The zero-order valence-corrected chi connectivity index (χ0v) is 13.9. The Hall–Kier alpha value is -2.63. The summed E-state index contributed by atoms with van der Waals surface area (Å²) < 4.78 is 0. The van der Waals surface area contributed by atoms with Crippen LogP contribution in [0.5, 0.6) is 0 Å². The van der Waals surface area contributed by atoms with Gasteiger partial charge >= 0.3 is 5.97 Å². The van der Waals surface area contributed by atoms with E-state index >= 15 is 0 Å². The summed E-state index contributed by atoms with van der Waals surface area (Å²) in [5.41, 5.74) is 1.41. The van der Waals surface area contributed by atoms with Crippen LogP contribution in [0, 0.1) is 5.92 Å². The van der Waals surface area contributed by atoms with Gasteiger partial charge in [-0.05, 0) is 25.0 Å². The summed E-state index contributed by atoms with van der Waals surface area (Å²) in [6, 6.07) is 9.41. The number of amides is 1. The number of hydrogen-bond donors (Lipinski definition) is 1. The molecule has 1 amide bonds. The maximum absolute atomic E-state index is 13.0. The topological polar surface area (TPSA) is 73.7 Å². The molecule has 126 valence electrons. The minimum atomic E-state index is -0.772. The number of carbonyl (C=O) groups excluding carboxylic acids is 1. The van der Waals surface area contributed by atoms with Crippen LogP contribution >= 0.6 is 0 Å². The summed E-state index contributed by atoms with van der Waals surface area (Å²) in [6.45, 7) is 0.952. The molecule has 1 aromatic heterocycles. The van der Waals surface area contributed by atoms with Crippen molar-refractivity contribution in [2.24, 2.45) is 5.92 Å². The van der Waals surface area contributed by atoms with Crippen molar-refractivity contribution in [2.45, 2.75) is 12.8 Å². The molecule has 6 heteroatoms. The predicted octanol–water partition coefficient (Wildman–Crippen LogP) is 2.24. The van der Waals surface area contributed by atoms with Crippen molar-refractivity contribution in [3.8, 4) is 0 Å². The normalized spacial score (nSPS) is 15.5. The molecule has 0 unspecified atom stereocenters. The predicted molar refractivity (Wildman–Crippen MR) is 92.3 cm³/mol. The van der Waals surface area contributed by atoms with Gasteiger partial charge in [-0.1, -0.05) is 18.2 Å². The van der Waals surface area contributed by atoms with E-state index in [0.717, 1.165) is 16.7 Å². The molecule has 2 heterocycles. The third kappa shape index (κ3) is 3.04. The van der Waals surface area contributed by atoms with Crippen molar-refractivity contribution in [3.05, 3.63) is 35.9 Å². The van der Waals surface area contributed by atoms with E-state index in [1.165, 1.54) is 0 Å². The van der Waals surface area contributed by atoms with Gasteiger partial charge in [0.2, 0.25) is 0 Å². The van der Waals surface area contributed by atoms with Crippen LogP contribution in [-0.4, -0.2) is 54.1 Å². The van der Waals surface area contributed by atoms with Crippen LogP contribution in [0.4, 0.5) is 5.82 Å². The lowest BCUT2D eigenvalue weighted by Gasteiger charge is -2.30. The van der Waals surface area contributed by atoms with E-state index in [1.807, 2.05) is 49.3 Å². The average Bonchev–Trinajstić information content (AvgIpc) is 2.60. The van der Waals surface area contributed by atoms with Crippen molar-refractivity contribution < 1.29 is 14.7 Å². The summed E-state index contributed by atoms with van der Waals surface area (Å²) >= 11 is 0. The molecule has 1 aliphatic heterocycles. The Balaban J connectivity index is 1.93. The number of pyridine rings is 1. The van der Waals surface area contributed by atoms with Gasteiger partial charge in [-0.25, -0.2) is 4.98 Å². The quantitative estimate of drug-likeness (QED) is 0.936. The van der Waals surface area contributed by atoms with Crippen molar-refractivity contribution >= 4 is 28.6 Å². The number of nitrogens with zero attached hydrogens (tertiary/aromatic N) is 3. The maximum atomic E-state index is 13.0. The molecular weight excluding hydrogens is 306 g/mol. The third-order valence-electron chi connectivity index (χ3n) is 4.52. The van der Waals surface area contributed by atoms with Gasteiger partial charge in [-0.2, -0.15) is 0 Å². The molecule has 1 saturated heterocycles. The second kappa shape index (κ2) is 6.47. The first-order valence-electron chi connectivity index (χ1n) is 8.06. The van der Waals surface area contributed by atoms with Gasteiger partial charge in [0.25, 0.3) is 5.91 Å². The number of carbonyl (C=O) groups is 2. The highest BCUT2D eigenvalue weighted by Crippen LogP contribution is 2.25. The summed E-state index contributed by atoms with van der Waals surface area (Å²) in [4.78, 5) is 32.3. The number of fused-ring (bicyclic) bond motifs is 1. The molecule has 0 aliphatic carbocycles. The lowest BCUT2D eigenvalue weighted by atomic mass is 9.96. The monoisotopic (exact) mass is 327 g/mol. The molecule has 0 saturated carbocycles. The van der Waals surface area contributed by atoms with Gasteiger partial charge < -0.3 is 14.9 Å². The molecule has 0 radical (unpaired) electrons. The number of aromatic nitrogens is 1. The number of carboxylic acids is 1. The largest absolute Gasteiger partial charge is 0.481 e. The second-order valence-corrected chi connectivity index (χ2v) is 6.34. The van der Waals surface area contributed by atoms with Gasteiger partial charge in [0.05, 0.1) is 17.0 Å². The number of para-hydroxylation sites is 1. The number of carboxylic acid groups (broad SMARTS) is 1. The number of rotatable bonds is 3. The number of piperidine rings is 1. The third-order valence-corrected chi connectivity index (χ3v) is 4.52. The van der Waals surface area contributed by atoms with E-state index in [4.69, 9.17) is 5.11 Å². The van der Waals surface area contributed by atoms with Crippen LogP contribution in [-0.2, 0) is 4.79 Å². The van der Waals surface area contributed by atoms with E-state index in [-0.39, 0.29) is 11.8 Å². The highest BCUT2D eigenvalue weighted by Gasteiger charge is 2.28. The van der Waals surface area contributed by atoms with Crippen molar-refractivity contribution in [3.63, 3.8) is 0 Å². The zero-order chi connectivity index (χ0) is 17.3. The smallest absolute Gasteiger partial charge is 0.306 e. The van der Waals surface area contributed by atoms with E-state index in [0.29, 0.717) is 31.5 Å². The SMILES string of the molecule is CN(C)c1cc(C(=O)N2CCC(C(=O)O)CC2)c2ccccc2n1. The number of likely N-dealkylation sites (tertiary alicyclic amines) is 1. The van der Waals surface area contributed by atoms with Crippen molar-refractivity contribution in [1.82, 2.24) is 9.88 Å². The number of hydrogen-bond acceptors (Lipinski definition) is 4. The van der Waals surface area contributed by atoms with E-state index in [2.05, 4.69) is 4.98 Å². The van der Waals surface area contributed by atoms with Crippen molar-refractivity contribution in [1.29, 1.82) is 0 Å². The molecule has 1 N–H and O–H groups in total. The summed E-state index contributed by atoms with van der Waals surface area (Å²) in [5, 5.41) is 9.93. The molecule has 1 fully saturated rings. The Morgan fingerprint density at radius 3 is 2.50 bits per heavy atom. The van der Waals surface area contributed by atoms with Crippen LogP contribution < -0.4 is 4.90 Å². The number of anilines is 1. The molecule has 3 rings (SSSR count).